The number of hydrogen-bond donors (Lipinski definition) is 2. The Balaban J connectivity index is 1.56. The molecule has 1 saturated heterocycles. The molecule has 4 amide bonds. The molecule has 1 aliphatic heterocycles. The van der Waals surface area contributed by atoms with E-state index in [1.54, 1.807) is 0 Å². The Bertz CT molecular complexity index is 851. The fourth-order valence-electron chi connectivity index (χ4n) is 4.66. The maximum atomic E-state index is 13.1. The number of nitrogens with one attached hydrogen (secondary N) is 2. The van der Waals surface area contributed by atoms with E-state index in [9.17, 15) is 14.4 Å². The molecule has 1 aromatic carbocycles. The molecule has 7 nitrogen and oxygen atoms in total. The summed E-state index contributed by atoms with van der Waals surface area (Å²) in [5, 5.41) is 5.74. The van der Waals surface area contributed by atoms with Gasteiger partial charge in [-0.2, -0.15) is 0 Å². The number of carbonyl (C=O) groups excluding carboxylic acids is 3. The van der Waals surface area contributed by atoms with Gasteiger partial charge >= 0.3 is 6.03 Å². The van der Waals surface area contributed by atoms with Gasteiger partial charge in [0.2, 0.25) is 5.91 Å². The second-order valence-corrected chi connectivity index (χ2v) is 10.4. The lowest BCUT2D eigenvalue weighted by molar-refractivity contribution is -0.136. The minimum Gasteiger partial charge on any atom is -0.374 e. The average molecular weight is 444 g/mol. The number of imide groups is 1. The van der Waals surface area contributed by atoms with E-state index in [-0.39, 0.29) is 29.9 Å². The number of hydrogen-bond acceptors (Lipinski definition) is 4. The zero-order chi connectivity index (χ0) is 23.5. The standard InChI is InChI=1S/C25H37N3O4/c1-17(2)32-16-19-9-7-6-8-18(19)14-26-21(29)15-28-22(30)25(27-23(28)31)12-10-20(11-13-25)24(3,4)5/h6-9,17,20H,10-16H2,1-5H3,(H,26,29)(H,27,31). The molecule has 2 fully saturated rings. The molecule has 0 atom stereocenters. The molecule has 1 aromatic rings. The normalized spacial score (nSPS) is 23.7. The molecule has 2 aliphatic rings. The van der Waals surface area contributed by atoms with Gasteiger partial charge in [-0.1, -0.05) is 45.0 Å². The second-order valence-electron chi connectivity index (χ2n) is 10.4. The highest BCUT2D eigenvalue weighted by molar-refractivity contribution is 6.09. The molecule has 1 saturated carbocycles. The average Bonchev–Trinajstić information content (AvgIpc) is 2.95. The molecule has 2 N–H and O–H groups in total. The molecule has 0 aromatic heterocycles. The number of carbonyl (C=O) groups is 3. The van der Waals surface area contributed by atoms with E-state index in [0.29, 0.717) is 31.9 Å². The third-order valence-corrected chi connectivity index (χ3v) is 6.78. The van der Waals surface area contributed by atoms with Crippen LogP contribution in [-0.2, 0) is 27.5 Å². The molecule has 3 rings (SSSR count). The molecular formula is C25H37N3O4. The van der Waals surface area contributed by atoms with Crippen molar-refractivity contribution >= 4 is 17.8 Å². The molecule has 32 heavy (non-hydrogen) atoms. The summed E-state index contributed by atoms with van der Waals surface area (Å²) in [4.78, 5) is 39.3. The number of nitrogens with zero attached hydrogens (tertiary/aromatic N) is 1. The van der Waals surface area contributed by atoms with Gasteiger partial charge < -0.3 is 15.4 Å². The summed E-state index contributed by atoms with van der Waals surface area (Å²) in [6, 6.07) is 7.29. The molecule has 0 bridgehead atoms. The third kappa shape index (κ3) is 5.49. The summed E-state index contributed by atoms with van der Waals surface area (Å²) >= 11 is 0. The summed E-state index contributed by atoms with van der Waals surface area (Å²) in [7, 11) is 0. The van der Waals surface area contributed by atoms with Crippen molar-refractivity contribution < 1.29 is 19.1 Å². The van der Waals surface area contributed by atoms with Crippen LogP contribution in [0.3, 0.4) is 0 Å². The number of amides is 4. The Hall–Kier alpha value is -2.41. The van der Waals surface area contributed by atoms with Crippen molar-refractivity contribution in [3.8, 4) is 0 Å². The zero-order valence-corrected chi connectivity index (χ0v) is 20.0. The Morgan fingerprint density at radius 1 is 1.19 bits per heavy atom. The number of benzene rings is 1. The van der Waals surface area contributed by atoms with Crippen LogP contribution in [0.4, 0.5) is 4.79 Å². The quantitative estimate of drug-likeness (QED) is 0.628. The fraction of sp³-hybridized carbons (Fsp3) is 0.640. The molecule has 7 heteroatoms. The van der Waals surface area contributed by atoms with Gasteiger partial charge in [-0.3, -0.25) is 14.5 Å². The number of ether oxygens (including phenoxy) is 1. The van der Waals surface area contributed by atoms with E-state index in [2.05, 4.69) is 31.4 Å². The van der Waals surface area contributed by atoms with Crippen molar-refractivity contribution in [1.29, 1.82) is 0 Å². The largest absolute Gasteiger partial charge is 0.374 e. The highest BCUT2D eigenvalue weighted by Gasteiger charge is 2.53. The van der Waals surface area contributed by atoms with Crippen LogP contribution >= 0.6 is 0 Å². The van der Waals surface area contributed by atoms with Gasteiger partial charge in [0.15, 0.2) is 0 Å². The second kappa shape index (κ2) is 9.61. The van der Waals surface area contributed by atoms with Crippen molar-refractivity contribution in [3.05, 3.63) is 35.4 Å². The minimum atomic E-state index is -0.847. The van der Waals surface area contributed by atoms with Crippen molar-refractivity contribution in [1.82, 2.24) is 15.5 Å². The first-order valence-corrected chi connectivity index (χ1v) is 11.6. The highest BCUT2D eigenvalue weighted by atomic mass is 16.5. The predicted octanol–water partition coefficient (Wildman–Crippen LogP) is 3.75. The molecule has 0 radical (unpaired) electrons. The van der Waals surface area contributed by atoms with Gasteiger partial charge in [-0.15, -0.1) is 0 Å². The van der Waals surface area contributed by atoms with Crippen molar-refractivity contribution in [2.75, 3.05) is 6.54 Å². The minimum absolute atomic E-state index is 0.114. The third-order valence-electron chi connectivity index (χ3n) is 6.78. The molecule has 1 aliphatic carbocycles. The van der Waals surface area contributed by atoms with Crippen LogP contribution in [0, 0.1) is 11.3 Å². The topological polar surface area (TPSA) is 87.7 Å². The lowest BCUT2D eigenvalue weighted by Gasteiger charge is -2.40. The monoisotopic (exact) mass is 443 g/mol. The maximum absolute atomic E-state index is 13.1. The SMILES string of the molecule is CC(C)OCc1ccccc1CNC(=O)CN1C(=O)NC2(CCC(C(C)(C)C)CC2)C1=O. The first kappa shape index (κ1) is 24.2. The fourth-order valence-corrected chi connectivity index (χ4v) is 4.66. The molecule has 176 valence electrons. The molecule has 1 spiro atoms. The van der Waals surface area contributed by atoms with Crippen LogP contribution in [0.25, 0.3) is 0 Å². The van der Waals surface area contributed by atoms with Crippen molar-refractivity contribution in [2.45, 2.75) is 85.1 Å². The lowest BCUT2D eigenvalue weighted by Crippen LogP contribution is -2.51. The van der Waals surface area contributed by atoms with Crippen LogP contribution in [-0.4, -0.2) is 40.9 Å². The van der Waals surface area contributed by atoms with Gasteiger partial charge in [0.25, 0.3) is 5.91 Å². The van der Waals surface area contributed by atoms with E-state index in [0.717, 1.165) is 28.9 Å². The van der Waals surface area contributed by atoms with Crippen LogP contribution in [0.5, 0.6) is 0 Å². The maximum Gasteiger partial charge on any atom is 0.325 e. The van der Waals surface area contributed by atoms with Crippen molar-refractivity contribution in [2.24, 2.45) is 11.3 Å². The number of urea groups is 1. The first-order valence-electron chi connectivity index (χ1n) is 11.6. The smallest absolute Gasteiger partial charge is 0.325 e. The summed E-state index contributed by atoms with van der Waals surface area (Å²) in [5.74, 6) is -0.0980. The zero-order valence-electron chi connectivity index (χ0n) is 20.0. The Labute approximate surface area is 191 Å². The van der Waals surface area contributed by atoms with Crippen molar-refractivity contribution in [3.63, 3.8) is 0 Å². The van der Waals surface area contributed by atoms with Gasteiger partial charge in [-0.25, -0.2) is 4.79 Å². The van der Waals surface area contributed by atoms with Crippen LogP contribution in [0.2, 0.25) is 0 Å². The van der Waals surface area contributed by atoms with E-state index < -0.39 is 11.6 Å². The lowest BCUT2D eigenvalue weighted by atomic mass is 9.67. The Morgan fingerprint density at radius 2 is 1.81 bits per heavy atom. The van der Waals surface area contributed by atoms with Crippen LogP contribution < -0.4 is 10.6 Å². The van der Waals surface area contributed by atoms with Crippen LogP contribution in [0.1, 0.15) is 71.4 Å². The van der Waals surface area contributed by atoms with E-state index in [4.69, 9.17) is 4.74 Å². The van der Waals surface area contributed by atoms with Gasteiger partial charge in [0, 0.05) is 6.54 Å². The van der Waals surface area contributed by atoms with E-state index in [1.165, 1.54) is 0 Å². The van der Waals surface area contributed by atoms with E-state index >= 15 is 0 Å². The summed E-state index contributed by atoms with van der Waals surface area (Å²) in [6.07, 6.45) is 3.15. The Kier molecular flexibility index (Phi) is 7.28. The summed E-state index contributed by atoms with van der Waals surface area (Å²) in [5.41, 5.74) is 1.30. The van der Waals surface area contributed by atoms with E-state index in [1.807, 2.05) is 38.1 Å². The molecule has 1 heterocycles. The van der Waals surface area contributed by atoms with Crippen LogP contribution in [0.15, 0.2) is 24.3 Å². The van der Waals surface area contributed by atoms with Gasteiger partial charge in [0.05, 0.1) is 12.7 Å². The number of rotatable bonds is 7. The van der Waals surface area contributed by atoms with Gasteiger partial charge in [-0.05, 0) is 62.0 Å². The Morgan fingerprint density at radius 3 is 2.41 bits per heavy atom. The summed E-state index contributed by atoms with van der Waals surface area (Å²) in [6.45, 7) is 11.1. The predicted molar refractivity (Wildman–Crippen MR) is 123 cm³/mol. The molecular weight excluding hydrogens is 406 g/mol. The molecule has 0 unspecified atom stereocenters. The summed E-state index contributed by atoms with van der Waals surface area (Å²) < 4.78 is 5.68. The highest BCUT2D eigenvalue weighted by Crippen LogP contribution is 2.43. The first-order chi connectivity index (χ1) is 15.0. The van der Waals surface area contributed by atoms with Gasteiger partial charge in [0.1, 0.15) is 12.1 Å².